The summed E-state index contributed by atoms with van der Waals surface area (Å²) in [7, 11) is 3.25. The Morgan fingerprint density at radius 1 is 1.15 bits per heavy atom. The number of carbonyl (C=O) groups excluding carboxylic acids is 2. The Kier molecular flexibility index (Phi) is 8.44. The Labute approximate surface area is 234 Å². The summed E-state index contributed by atoms with van der Waals surface area (Å²) >= 11 is 0. The molecule has 1 saturated heterocycles. The molecule has 5 rings (SSSR count). The fourth-order valence-corrected chi connectivity index (χ4v) is 5.41. The summed E-state index contributed by atoms with van der Waals surface area (Å²) in [5.41, 5.74) is 3.10. The maximum atomic E-state index is 12.3. The first kappa shape index (κ1) is 27.8. The summed E-state index contributed by atoms with van der Waals surface area (Å²) < 4.78 is 17.2. The van der Waals surface area contributed by atoms with Crippen LogP contribution in [0.15, 0.2) is 36.4 Å². The number of ether oxygens (including phenoxy) is 3. The molecule has 10 nitrogen and oxygen atoms in total. The molecule has 2 aliphatic heterocycles. The number of carboxylic acids is 1. The van der Waals surface area contributed by atoms with E-state index < -0.39 is 5.97 Å². The summed E-state index contributed by atoms with van der Waals surface area (Å²) in [5.74, 6) is 1.48. The third kappa shape index (κ3) is 6.50. The number of urea groups is 1. The van der Waals surface area contributed by atoms with Crippen molar-refractivity contribution in [2.75, 3.05) is 47.0 Å². The standard InChI is InChI=1S/C30H37N3O7/c1-31-11-9-28(34)33(30(31)37)12-14-40-26-7-5-21(15-27(26)38-2)19-32(18-20-3-4-20)24(17-29(35)36)22-6-8-25-23(16-22)10-13-39-25/h5-8,15-16,20,24H,3-4,9-14,17-19H2,1-2H3,(H,35,36). The molecule has 2 heterocycles. The number of carbonyl (C=O) groups is 3. The Morgan fingerprint density at radius 2 is 1.98 bits per heavy atom. The van der Waals surface area contributed by atoms with E-state index in [1.807, 2.05) is 30.3 Å². The molecule has 0 aromatic heterocycles. The number of imide groups is 1. The monoisotopic (exact) mass is 551 g/mol. The molecule has 1 aliphatic carbocycles. The lowest BCUT2D eigenvalue weighted by molar-refractivity contribution is -0.138. The molecule has 2 aromatic carbocycles. The largest absolute Gasteiger partial charge is 0.493 e. The average Bonchev–Trinajstić information content (AvgIpc) is 3.64. The molecule has 1 unspecified atom stereocenters. The highest BCUT2D eigenvalue weighted by Gasteiger charge is 2.32. The fourth-order valence-electron chi connectivity index (χ4n) is 5.41. The van der Waals surface area contributed by atoms with Crippen molar-refractivity contribution in [2.24, 2.45) is 5.92 Å². The van der Waals surface area contributed by atoms with Gasteiger partial charge in [-0.2, -0.15) is 0 Å². The van der Waals surface area contributed by atoms with Crippen LogP contribution >= 0.6 is 0 Å². The molecule has 0 spiro atoms. The molecule has 0 bridgehead atoms. The van der Waals surface area contributed by atoms with E-state index in [1.54, 1.807) is 14.2 Å². The molecule has 2 fully saturated rings. The lowest BCUT2D eigenvalue weighted by atomic mass is 9.97. The average molecular weight is 552 g/mol. The van der Waals surface area contributed by atoms with Gasteiger partial charge in [0.25, 0.3) is 0 Å². The first-order chi connectivity index (χ1) is 19.3. The molecular formula is C30H37N3O7. The van der Waals surface area contributed by atoms with Gasteiger partial charge in [-0.1, -0.05) is 18.2 Å². The normalized spacial score (nSPS) is 17.6. The number of nitrogens with zero attached hydrogens (tertiary/aromatic N) is 3. The summed E-state index contributed by atoms with van der Waals surface area (Å²) in [6, 6.07) is 11.2. The molecule has 10 heteroatoms. The van der Waals surface area contributed by atoms with Gasteiger partial charge in [0, 0.05) is 45.6 Å². The topological polar surface area (TPSA) is 109 Å². The van der Waals surface area contributed by atoms with Gasteiger partial charge in [-0.05, 0) is 53.6 Å². The van der Waals surface area contributed by atoms with Crippen LogP contribution in [0.25, 0.3) is 0 Å². The number of carboxylic acid groups (broad SMARTS) is 1. The van der Waals surface area contributed by atoms with Crippen molar-refractivity contribution in [3.8, 4) is 17.2 Å². The van der Waals surface area contributed by atoms with E-state index in [9.17, 15) is 19.5 Å². The van der Waals surface area contributed by atoms with Crippen molar-refractivity contribution in [2.45, 2.75) is 44.7 Å². The number of fused-ring (bicyclic) bond motifs is 1. The van der Waals surface area contributed by atoms with Crippen molar-refractivity contribution < 1.29 is 33.7 Å². The highest BCUT2D eigenvalue weighted by Crippen LogP contribution is 2.38. The van der Waals surface area contributed by atoms with Gasteiger partial charge >= 0.3 is 12.0 Å². The Balaban J connectivity index is 1.30. The van der Waals surface area contributed by atoms with Crippen LogP contribution in [0.2, 0.25) is 0 Å². The highest BCUT2D eigenvalue weighted by atomic mass is 16.5. The quantitative estimate of drug-likeness (QED) is 0.401. The predicted molar refractivity (Wildman–Crippen MR) is 147 cm³/mol. The zero-order valence-corrected chi connectivity index (χ0v) is 23.1. The van der Waals surface area contributed by atoms with Crippen LogP contribution in [-0.2, 0) is 22.6 Å². The van der Waals surface area contributed by atoms with Crippen LogP contribution in [0.4, 0.5) is 4.79 Å². The van der Waals surface area contributed by atoms with Crippen LogP contribution in [0.5, 0.6) is 17.2 Å². The van der Waals surface area contributed by atoms with Crippen molar-refractivity contribution in [1.29, 1.82) is 0 Å². The molecule has 3 aliphatic rings. The van der Waals surface area contributed by atoms with Gasteiger partial charge in [-0.3, -0.25) is 19.4 Å². The van der Waals surface area contributed by atoms with Crippen molar-refractivity contribution in [1.82, 2.24) is 14.7 Å². The summed E-state index contributed by atoms with van der Waals surface area (Å²) in [5, 5.41) is 9.81. The van der Waals surface area contributed by atoms with Gasteiger partial charge < -0.3 is 24.2 Å². The maximum Gasteiger partial charge on any atom is 0.326 e. The van der Waals surface area contributed by atoms with Gasteiger partial charge in [0.15, 0.2) is 11.5 Å². The Morgan fingerprint density at radius 3 is 2.73 bits per heavy atom. The van der Waals surface area contributed by atoms with Gasteiger partial charge in [0.2, 0.25) is 5.91 Å². The number of hydrogen-bond acceptors (Lipinski definition) is 7. The molecule has 214 valence electrons. The number of benzene rings is 2. The zero-order valence-electron chi connectivity index (χ0n) is 23.1. The van der Waals surface area contributed by atoms with Crippen molar-refractivity contribution >= 4 is 17.9 Å². The van der Waals surface area contributed by atoms with E-state index in [1.165, 1.54) is 9.80 Å². The van der Waals surface area contributed by atoms with E-state index in [2.05, 4.69) is 11.0 Å². The molecule has 1 N–H and O–H groups in total. The van der Waals surface area contributed by atoms with Crippen LogP contribution in [-0.4, -0.2) is 84.7 Å². The second kappa shape index (κ2) is 12.2. The number of amides is 3. The van der Waals surface area contributed by atoms with Crippen LogP contribution in [0.1, 0.15) is 48.4 Å². The smallest absolute Gasteiger partial charge is 0.326 e. The summed E-state index contributed by atoms with van der Waals surface area (Å²) in [6.45, 7) is 2.77. The highest BCUT2D eigenvalue weighted by molar-refractivity contribution is 5.96. The molecule has 3 amide bonds. The van der Waals surface area contributed by atoms with E-state index >= 15 is 0 Å². The minimum absolute atomic E-state index is 0.00776. The summed E-state index contributed by atoms with van der Waals surface area (Å²) in [4.78, 5) is 41.5. The van der Waals surface area contributed by atoms with Gasteiger partial charge in [0.05, 0.1) is 26.7 Å². The van der Waals surface area contributed by atoms with Crippen LogP contribution in [0, 0.1) is 5.92 Å². The van der Waals surface area contributed by atoms with Crippen molar-refractivity contribution in [3.63, 3.8) is 0 Å². The number of hydrogen-bond donors (Lipinski definition) is 1. The number of methoxy groups -OCH3 is 1. The third-order valence-electron chi connectivity index (χ3n) is 7.80. The van der Waals surface area contributed by atoms with E-state index in [0.717, 1.165) is 48.2 Å². The second-order valence-corrected chi connectivity index (χ2v) is 10.8. The Hall–Kier alpha value is -3.79. The first-order valence-corrected chi connectivity index (χ1v) is 13.9. The molecule has 0 radical (unpaired) electrons. The fraction of sp³-hybridized carbons (Fsp3) is 0.500. The molecule has 40 heavy (non-hydrogen) atoms. The zero-order chi connectivity index (χ0) is 28.2. The van der Waals surface area contributed by atoms with Gasteiger partial charge in [0.1, 0.15) is 12.4 Å². The second-order valence-electron chi connectivity index (χ2n) is 10.8. The minimum Gasteiger partial charge on any atom is -0.493 e. The van der Waals surface area contributed by atoms with Gasteiger partial charge in [-0.15, -0.1) is 0 Å². The first-order valence-electron chi connectivity index (χ1n) is 13.9. The lowest BCUT2D eigenvalue weighted by Gasteiger charge is -2.32. The van der Waals surface area contributed by atoms with Crippen molar-refractivity contribution in [3.05, 3.63) is 53.1 Å². The molecule has 1 atom stereocenters. The maximum absolute atomic E-state index is 12.3. The number of aliphatic carboxylic acids is 1. The van der Waals surface area contributed by atoms with Crippen LogP contribution in [0.3, 0.4) is 0 Å². The van der Waals surface area contributed by atoms with E-state index in [-0.39, 0.29) is 37.6 Å². The number of rotatable bonds is 13. The van der Waals surface area contributed by atoms with Crippen LogP contribution < -0.4 is 14.2 Å². The predicted octanol–water partition coefficient (Wildman–Crippen LogP) is 3.72. The van der Waals surface area contributed by atoms with E-state index in [0.29, 0.717) is 43.5 Å². The van der Waals surface area contributed by atoms with E-state index in [4.69, 9.17) is 14.2 Å². The molecule has 1 saturated carbocycles. The minimum atomic E-state index is -0.833. The Bertz CT molecular complexity index is 1260. The molecule has 2 aromatic rings. The SMILES string of the molecule is COc1cc(CN(CC2CC2)C(CC(=O)O)c2ccc3c(c2)CCO3)ccc1OCCN1C(=O)CCN(C)C1=O. The molecular weight excluding hydrogens is 514 g/mol. The third-order valence-corrected chi connectivity index (χ3v) is 7.80. The lowest BCUT2D eigenvalue weighted by Crippen LogP contribution is -2.51. The van der Waals surface area contributed by atoms with Gasteiger partial charge in [-0.25, -0.2) is 4.79 Å². The summed E-state index contributed by atoms with van der Waals surface area (Å²) in [6.07, 6.45) is 3.46.